The van der Waals surface area contributed by atoms with E-state index in [1.54, 1.807) is 6.20 Å². The van der Waals surface area contributed by atoms with Gasteiger partial charge in [-0.3, -0.25) is 4.79 Å². The van der Waals surface area contributed by atoms with Crippen molar-refractivity contribution in [1.82, 2.24) is 4.57 Å². The molecule has 0 radical (unpaired) electrons. The average molecular weight is 252 g/mol. The largest absolute Gasteiger partial charge is 0.319 e. The SMILES string of the molecule is Cc1cc(C)c(-n2cc(C#N)c(=O)cc2C)c(C)c1. The molecule has 0 aliphatic heterocycles. The molecular weight excluding hydrogens is 236 g/mol. The minimum absolute atomic E-state index is 0.171. The second kappa shape index (κ2) is 4.74. The molecule has 0 bridgehead atoms. The predicted octanol–water partition coefficient (Wildman–Crippen LogP) is 2.94. The molecule has 96 valence electrons. The molecule has 0 aliphatic carbocycles. The van der Waals surface area contributed by atoms with Crippen molar-refractivity contribution in [3.05, 3.63) is 62.6 Å². The van der Waals surface area contributed by atoms with Gasteiger partial charge in [0.1, 0.15) is 11.6 Å². The van der Waals surface area contributed by atoms with Gasteiger partial charge in [0, 0.05) is 18.0 Å². The van der Waals surface area contributed by atoms with Crippen LogP contribution in [0.3, 0.4) is 0 Å². The van der Waals surface area contributed by atoms with Crippen molar-refractivity contribution in [2.75, 3.05) is 0 Å². The number of aromatic nitrogens is 1. The number of nitrogens with zero attached hydrogens (tertiary/aromatic N) is 2. The van der Waals surface area contributed by atoms with Crippen LogP contribution in [0.5, 0.6) is 0 Å². The molecule has 2 rings (SSSR count). The average Bonchev–Trinajstić information content (AvgIpc) is 2.30. The molecule has 0 saturated heterocycles. The van der Waals surface area contributed by atoms with Crippen LogP contribution in [0.25, 0.3) is 5.69 Å². The summed E-state index contributed by atoms with van der Waals surface area (Å²) in [6, 6.07) is 7.67. The van der Waals surface area contributed by atoms with Gasteiger partial charge in [-0.2, -0.15) is 5.26 Å². The minimum Gasteiger partial charge on any atom is -0.319 e. The van der Waals surface area contributed by atoms with Crippen molar-refractivity contribution in [2.24, 2.45) is 0 Å². The molecule has 0 spiro atoms. The van der Waals surface area contributed by atoms with E-state index in [1.165, 1.54) is 11.6 Å². The highest BCUT2D eigenvalue weighted by Crippen LogP contribution is 2.22. The standard InChI is InChI=1S/C16H16N2O/c1-10-5-11(2)16(12(3)6-10)18-9-14(8-17)15(19)7-13(18)4/h5-7,9H,1-4H3. The number of aryl methyl sites for hydroxylation is 4. The molecular formula is C16H16N2O. The van der Waals surface area contributed by atoms with Gasteiger partial charge < -0.3 is 4.57 Å². The third-order valence-electron chi connectivity index (χ3n) is 3.24. The first-order valence-electron chi connectivity index (χ1n) is 6.15. The molecule has 0 unspecified atom stereocenters. The quantitative estimate of drug-likeness (QED) is 0.783. The van der Waals surface area contributed by atoms with Crippen LogP contribution in [0.2, 0.25) is 0 Å². The maximum absolute atomic E-state index is 11.6. The van der Waals surface area contributed by atoms with Crippen molar-refractivity contribution in [3.63, 3.8) is 0 Å². The summed E-state index contributed by atoms with van der Waals surface area (Å²) in [6.07, 6.45) is 1.63. The van der Waals surface area contributed by atoms with Gasteiger partial charge in [0.15, 0.2) is 5.43 Å². The maximum atomic E-state index is 11.6. The van der Waals surface area contributed by atoms with E-state index in [1.807, 2.05) is 31.4 Å². The lowest BCUT2D eigenvalue weighted by Crippen LogP contribution is -2.13. The van der Waals surface area contributed by atoms with Crippen LogP contribution in [-0.4, -0.2) is 4.57 Å². The minimum atomic E-state index is -0.223. The van der Waals surface area contributed by atoms with E-state index in [2.05, 4.69) is 19.1 Å². The van der Waals surface area contributed by atoms with E-state index in [4.69, 9.17) is 5.26 Å². The molecule has 0 N–H and O–H groups in total. The summed E-state index contributed by atoms with van der Waals surface area (Å²) < 4.78 is 1.92. The van der Waals surface area contributed by atoms with Crippen LogP contribution in [-0.2, 0) is 0 Å². The molecule has 0 fully saturated rings. The Labute approximate surface area is 112 Å². The highest BCUT2D eigenvalue weighted by atomic mass is 16.1. The molecule has 3 heteroatoms. The summed E-state index contributed by atoms with van der Waals surface area (Å²) in [5.74, 6) is 0. The lowest BCUT2D eigenvalue weighted by Gasteiger charge is -2.17. The fraction of sp³-hybridized carbons (Fsp3) is 0.250. The molecule has 0 aliphatic rings. The first kappa shape index (κ1) is 13.1. The fourth-order valence-corrected chi connectivity index (χ4v) is 2.51. The van der Waals surface area contributed by atoms with Crippen molar-refractivity contribution >= 4 is 0 Å². The zero-order valence-electron chi connectivity index (χ0n) is 11.6. The van der Waals surface area contributed by atoms with Gasteiger partial charge in [0.05, 0.1) is 5.69 Å². The smallest absolute Gasteiger partial charge is 0.199 e. The number of nitriles is 1. The van der Waals surface area contributed by atoms with Gasteiger partial charge in [-0.15, -0.1) is 0 Å². The number of hydrogen-bond donors (Lipinski definition) is 0. The topological polar surface area (TPSA) is 45.8 Å². The Balaban J connectivity index is 2.80. The molecule has 1 heterocycles. The van der Waals surface area contributed by atoms with Crippen LogP contribution in [0, 0.1) is 39.0 Å². The number of rotatable bonds is 1. The zero-order chi connectivity index (χ0) is 14.2. The van der Waals surface area contributed by atoms with Crippen LogP contribution in [0.4, 0.5) is 0 Å². The van der Waals surface area contributed by atoms with E-state index in [0.717, 1.165) is 22.5 Å². The Hall–Kier alpha value is -2.34. The Morgan fingerprint density at radius 2 is 1.63 bits per heavy atom. The number of benzene rings is 1. The van der Waals surface area contributed by atoms with E-state index >= 15 is 0 Å². The predicted molar refractivity (Wildman–Crippen MR) is 75.7 cm³/mol. The monoisotopic (exact) mass is 252 g/mol. The summed E-state index contributed by atoms with van der Waals surface area (Å²) in [6.45, 7) is 8.02. The highest BCUT2D eigenvalue weighted by molar-refractivity contribution is 5.51. The van der Waals surface area contributed by atoms with Crippen molar-refractivity contribution in [3.8, 4) is 11.8 Å². The third kappa shape index (κ3) is 2.30. The normalized spacial score (nSPS) is 10.3. The summed E-state index contributed by atoms with van der Waals surface area (Å²) >= 11 is 0. The Bertz CT molecular complexity index is 725. The Morgan fingerprint density at radius 3 is 2.16 bits per heavy atom. The second-order valence-electron chi connectivity index (χ2n) is 4.92. The van der Waals surface area contributed by atoms with E-state index in [0.29, 0.717) is 0 Å². The number of hydrogen-bond acceptors (Lipinski definition) is 2. The van der Waals surface area contributed by atoms with E-state index in [9.17, 15) is 4.79 Å². The van der Waals surface area contributed by atoms with Crippen LogP contribution >= 0.6 is 0 Å². The third-order valence-corrected chi connectivity index (χ3v) is 3.24. The van der Waals surface area contributed by atoms with Crippen LogP contribution in [0.1, 0.15) is 27.9 Å². The molecule has 0 atom stereocenters. The molecule has 0 saturated carbocycles. The Kier molecular flexibility index (Phi) is 3.26. The summed E-state index contributed by atoms with van der Waals surface area (Å²) in [5, 5.41) is 9.00. The molecule has 19 heavy (non-hydrogen) atoms. The maximum Gasteiger partial charge on any atom is 0.199 e. The lowest BCUT2D eigenvalue weighted by molar-refractivity contribution is 0.945. The number of pyridine rings is 1. The van der Waals surface area contributed by atoms with Gasteiger partial charge in [0.2, 0.25) is 0 Å². The van der Waals surface area contributed by atoms with Crippen LogP contribution < -0.4 is 5.43 Å². The Morgan fingerprint density at radius 1 is 1.05 bits per heavy atom. The molecule has 3 nitrogen and oxygen atoms in total. The molecule has 0 amide bonds. The van der Waals surface area contributed by atoms with Crippen molar-refractivity contribution in [1.29, 1.82) is 5.26 Å². The summed E-state index contributed by atoms with van der Waals surface area (Å²) in [5.41, 5.74) is 5.29. The summed E-state index contributed by atoms with van der Waals surface area (Å²) in [7, 11) is 0. The van der Waals surface area contributed by atoms with E-state index < -0.39 is 0 Å². The van der Waals surface area contributed by atoms with Crippen molar-refractivity contribution < 1.29 is 0 Å². The first-order chi connectivity index (χ1) is 8.93. The second-order valence-corrected chi connectivity index (χ2v) is 4.92. The first-order valence-corrected chi connectivity index (χ1v) is 6.15. The molecule has 2 aromatic rings. The van der Waals surface area contributed by atoms with Gasteiger partial charge in [-0.1, -0.05) is 17.7 Å². The fourth-order valence-electron chi connectivity index (χ4n) is 2.51. The lowest BCUT2D eigenvalue weighted by atomic mass is 10.0. The zero-order valence-corrected chi connectivity index (χ0v) is 11.6. The molecule has 1 aromatic heterocycles. The van der Waals surface area contributed by atoms with Gasteiger partial charge >= 0.3 is 0 Å². The van der Waals surface area contributed by atoms with Crippen LogP contribution in [0.15, 0.2) is 29.2 Å². The van der Waals surface area contributed by atoms with E-state index in [-0.39, 0.29) is 11.0 Å². The van der Waals surface area contributed by atoms with Gasteiger partial charge in [-0.25, -0.2) is 0 Å². The summed E-state index contributed by atoms with van der Waals surface area (Å²) in [4.78, 5) is 11.6. The van der Waals surface area contributed by atoms with Crippen molar-refractivity contribution in [2.45, 2.75) is 27.7 Å². The molecule has 1 aromatic carbocycles. The van der Waals surface area contributed by atoms with Gasteiger partial charge in [0.25, 0.3) is 0 Å². The van der Waals surface area contributed by atoms with Gasteiger partial charge in [-0.05, 0) is 38.8 Å². The highest BCUT2D eigenvalue weighted by Gasteiger charge is 2.10.